The smallest absolute Gasteiger partial charge is 0.329 e. The van der Waals surface area contributed by atoms with Gasteiger partial charge in [0.25, 0.3) is 0 Å². The number of unbranched alkanes of at least 4 members (excludes halogenated alkanes) is 2. The molecule has 2 atom stereocenters. The first-order chi connectivity index (χ1) is 22.5. The van der Waals surface area contributed by atoms with Crippen molar-refractivity contribution in [1.29, 1.82) is 0 Å². The van der Waals surface area contributed by atoms with Crippen LogP contribution < -0.4 is 22.1 Å². The minimum absolute atomic E-state index is 0.0263. The molecule has 0 saturated heterocycles. The van der Waals surface area contributed by atoms with E-state index in [2.05, 4.69) is 34.9 Å². The highest BCUT2D eigenvalue weighted by atomic mass is 16.6. The number of amides is 3. The summed E-state index contributed by atoms with van der Waals surface area (Å²) in [5, 5.41) is 7.49. The van der Waals surface area contributed by atoms with Crippen LogP contribution in [0.5, 0.6) is 0 Å². The van der Waals surface area contributed by atoms with Crippen molar-refractivity contribution in [2.24, 2.45) is 11.5 Å². The van der Waals surface area contributed by atoms with Crippen LogP contribution in [0.25, 0.3) is 10.8 Å². The molecular weight excluding hydrogens is 628 g/mol. The number of nitrogens with two attached hydrogens (primary N) is 2. The van der Waals surface area contributed by atoms with Crippen molar-refractivity contribution in [3.8, 4) is 0 Å². The molecule has 0 fully saturated rings. The summed E-state index contributed by atoms with van der Waals surface area (Å²) in [5.74, 6) is -1.40. The van der Waals surface area contributed by atoms with E-state index in [0.717, 1.165) is 30.2 Å². The number of rotatable bonds is 14. The Kier molecular flexibility index (Phi) is 17.2. The number of nitrogens with one attached hydrogen (secondary N) is 2. The second-order valence-electron chi connectivity index (χ2n) is 14.9. The van der Waals surface area contributed by atoms with E-state index in [0.29, 0.717) is 19.4 Å². The Morgan fingerprint density at radius 2 is 1.27 bits per heavy atom. The molecule has 2 aromatic carbocycles. The number of primary amides is 1. The Bertz CT molecular complexity index is 1390. The molecule has 2 aromatic rings. The molecule has 49 heavy (non-hydrogen) atoms. The van der Waals surface area contributed by atoms with Crippen LogP contribution in [0.1, 0.15) is 106 Å². The molecule has 274 valence electrons. The molecule has 2 rings (SSSR count). The van der Waals surface area contributed by atoms with Crippen LogP contribution in [-0.2, 0) is 39.8 Å². The van der Waals surface area contributed by atoms with Gasteiger partial charge in [0.05, 0.1) is 6.04 Å². The highest BCUT2D eigenvalue weighted by Crippen LogP contribution is 2.17. The molecule has 2 unspecified atom stereocenters. The normalized spacial score (nSPS) is 12.9. The third kappa shape index (κ3) is 20.7. The maximum absolute atomic E-state index is 12.2. The van der Waals surface area contributed by atoms with Crippen LogP contribution >= 0.6 is 0 Å². The van der Waals surface area contributed by atoms with Crippen molar-refractivity contribution in [2.45, 2.75) is 136 Å². The molecule has 0 spiro atoms. The van der Waals surface area contributed by atoms with Crippen molar-refractivity contribution < 1.29 is 38.2 Å². The number of hydrogen-bond acceptors (Lipinski definition) is 9. The Morgan fingerprint density at radius 1 is 0.714 bits per heavy atom. The number of carbonyl (C=O) groups excluding carboxylic acids is 5. The van der Waals surface area contributed by atoms with E-state index >= 15 is 0 Å². The second kappa shape index (κ2) is 19.7. The van der Waals surface area contributed by atoms with Gasteiger partial charge < -0.3 is 36.3 Å². The van der Waals surface area contributed by atoms with Gasteiger partial charge in [0, 0.05) is 19.4 Å². The topological polar surface area (TPSA) is 189 Å². The van der Waals surface area contributed by atoms with Crippen molar-refractivity contribution in [3.63, 3.8) is 0 Å². The summed E-state index contributed by atoms with van der Waals surface area (Å²) in [5.41, 5.74) is 10.4. The molecule has 0 aliphatic carbocycles. The standard InChI is InChI=1S/C23H32N2O3.C14H26N2O5/c1-23(2,3)28-21(26)11-5-4-8-14-25-22(27)20(24)16-17-12-13-18-9-6-7-10-19(18)15-17;1-13(2,3)20-10(17)8-7-9(16-12(15)19)11(18)21-14(4,5)6/h6-7,9-10,12-13,15,20H,4-5,8,11,14,16,24H2,1-3H3,(H,25,27);9H,7-8H2,1-6H3,(H3,15,16,19). The maximum atomic E-state index is 12.2. The molecule has 3 amide bonds. The minimum atomic E-state index is -0.978. The first kappa shape index (κ1) is 42.8. The Morgan fingerprint density at radius 3 is 1.82 bits per heavy atom. The zero-order valence-electron chi connectivity index (χ0n) is 30.8. The van der Waals surface area contributed by atoms with Crippen LogP contribution in [0, 0.1) is 0 Å². The Labute approximate surface area is 291 Å². The third-order valence-electron chi connectivity index (χ3n) is 6.45. The molecule has 12 heteroatoms. The summed E-state index contributed by atoms with van der Waals surface area (Å²) in [4.78, 5) is 58.4. The zero-order chi connectivity index (χ0) is 37.4. The predicted molar refractivity (Wildman–Crippen MR) is 190 cm³/mol. The largest absolute Gasteiger partial charge is 0.460 e. The van der Waals surface area contributed by atoms with Gasteiger partial charge in [-0.3, -0.25) is 14.4 Å². The van der Waals surface area contributed by atoms with Gasteiger partial charge in [0.1, 0.15) is 22.8 Å². The van der Waals surface area contributed by atoms with E-state index in [-0.39, 0.29) is 24.7 Å². The maximum Gasteiger partial charge on any atom is 0.329 e. The summed E-state index contributed by atoms with van der Waals surface area (Å²) in [6.07, 6.45) is 3.39. The lowest BCUT2D eigenvalue weighted by Crippen LogP contribution is -2.46. The van der Waals surface area contributed by atoms with Crippen molar-refractivity contribution in [1.82, 2.24) is 10.6 Å². The number of hydrogen-bond donors (Lipinski definition) is 4. The molecule has 12 nitrogen and oxygen atoms in total. The second-order valence-corrected chi connectivity index (χ2v) is 14.9. The van der Waals surface area contributed by atoms with E-state index in [9.17, 15) is 24.0 Å². The van der Waals surface area contributed by atoms with E-state index < -0.39 is 46.9 Å². The third-order valence-corrected chi connectivity index (χ3v) is 6.45. The Hall–Kier alpha value is -4.19. The summed E-state index contributed by atoms with van der Waals surface area (Å²) < 4.78 is 15.6. The highest BCUT2D eigenvalue weighted by Gasteiger charge is 2.27. The van der Waals surface area contributed by atoms with E-state index in [1.54, 1.807) is 41.5 Å². The van der Waals surface area contributed by atoms with Gasteiger partial charge in [-0.2, -0.15) is 0 Å². The van der Waals surface area contributed by atoms with Gasteiger partial charge in [0.15, 0.2) is 0 Å². The van der Waals surface area contributed by atoms with Crippen LogP contribution in [0.2, 0.25) is 0 Å². The van der Waals surface area contributed by atoms with Gasteiger partial charge in [-0.15, -0.1) is 0 Å². The number of ether oxygens (including phenoxy) is 3. The molecule has 0 aromatic heterocycles. The van der Waals surface area contributed by atoms with Crippen molar-refractivity contribution in [3.05, 3.63) is 48.0 Å². The highest BCUT2D eigenvalue weighted by molar-refractivity contribution is 5.85. The summed E-state index contributed by atoms with van der Waals surface area (Å²) >= 11 is 0. The fourth-order valence-electron chi connectivity index (χ4n) is 4.47. The zero-order valence-corrected chi connectivity index (χ0v) is 30.8. The molecule has 0 radical (unpaired) electrons. The molecular formula is C37H58N4O8. The number of esters is 3. The first-order valence-electron chi connectivity index (χ1n) is 16.8. The van der Waals surface area contributed by atoms with Crippen LogP contribution in [0.15, 0.2) is 42.5 Å². The van der Waals surface area contributed by atoms with Crippen molar-refractivity contribution in [2.75, 3.05) is 6.54 Å². The van der Waals surface area contributed by atoms with Gasteiger partial charge in [-0.1, -0.05) is 48.9 Å². The predicted octanol–water partition coefficient (Wildman–Crippen LogP) is 5.21. The van der Waals surface area contributed by atoms with Gasteiger partial charge in [-0.25, -0.2) is 9.59 Å². The molecule has 6 N–H and O–H groups in total. The SMILES string of the molecule is CC(C)(C)OC(=O)CCC(NC(N)=O)C(=O)OC(C)(C)C.CC(C)(C)OC(=O)CCCCCNC(=O)C(N)Cc1ccc2ccccc2c1. The van der Waals surface area contributed by atoms with E-state index in [1.165, 1.54) is 5.39 Å². The van der Waals surface area contributed by atoms with E-state index in [1.807, 2.05) is 39.0 Å². The van der Waals surface area contributed by atoms with Gasteiger partial charge in [0.2, 0.25) is 5.91 Å². The quantitative estimate of drug-likeness (QED) is 0.117. The average Bonchev–Trinajstić information content (AvgIpc) is 2.94. The summed E-state index contributed by atoms with van der Waals surface area (Å²) in [7, 11) is 0. The van der Waals surface area contributed by atoms with Crippen LogP contribution in [0.3, 0.4) is 0 Å². The number of fused-ring (bicyclic) bond motifs is 1. The molecule has 0 saturated carbocycles. The monoisotopic (exact) mass is 686 g/mol. The minimum Gasteiger partial charge on any atom is -0.460 e. The molecule has 0 aliphatic heterocycles. The lowest BCUT2D eigenvalue weighted by atomic mass is 10.0. The van der Waals surface area contributed by atoms with Gasteiger partial charge >= 0.3 is 23.9 Å². The average molecular weight is 687 g/mol. The summed E-state index contributed by atoms with van der Waals surface area (Å²) in [6.45, 7) is 16.5. The lowest BCUT2D eigenvalue weighted by molar-refractivity contribution is -0.159. The van der Waals surface area contributed by atoms with Gasteiger partial charge in [-0.05, 0) is 104 Å². The summed E-state index contributed by atoms with van der Waals surface area (Å²) in [6, 6.07) is 11.9. The molecule has 0 bridgehead atoms. The first-order valence-corrected chi connectivity index (χ1v) is 16.8. The van der Waals surface area contributed by atoms with E-state index in [4.69, 9.17) is 25.7 Å². The number of urea groups is 1. The number of benzene rings is 2. The lowest BCUT2D eigenvalue weighted by Gasteiger charge is -2.24. The fraction of sp³-hybridized carbons (Fsp3) is 0.595. The Balaban J connectivity index is 0.000000513. The van der Waals surface area contributed by atoms with Crippen LogP contribution in [-0.4, -0.2) is 65.3 Å². The van der Waals surface area contributed by atoms with Crippen molar-refractivity contribution >= 4 is 40.6 Å². The van der Waals surface area contributed by atoms with Crippen LogP contribution in [0.4, 0.5) is 4.79 Å². The molecule has 0 heterocycles. The fourth-order valence-corrected chi connectivity index (χ4v) is 4.47. The molecule has 0 aliphatic rings. The number of carbonyl (C=O) groups is 5.